The third kappa shape index (κ3) is 4.16. The summed E-state index contributed by atoms with van der Waals surface area (Å²) in [6, 6.07) is 4.45. The molecule has 0 bridgehead atoms. The second-order valence-corrected chi connectivity index (χ2v) is 8.48. The maximum Gasteiger partial charge on any atom is 0.409 e. The van der Waals surface area contributed by atoms with Crippen molar-refractivity contribution in [3.05, 3.63) is 35.8 Å². The van der Waals surface area contributed by atoms with Crippen molar-refractivity contribution in [2.45, 2.75) is 6.92 Å². The number of hydrogen-bond acceptors (Lipinski definition) is 6. The Labute approximate surface area is 179 Å². The lowest BCUT2D eigenvalue weighted by Gasteiger charge is -2.37. The Kier molecular flexibility index (Phi) is 6.26. The molecule has 30 heavy (non-hydrogen) atoms. The average molecular weight is 433 g/mol. The van der Waals surface area contributed by atoms with Crippen LogP contribution in [-0.4, -0.2) is 84.2 Å². The highest BCUT2D eigenvalue weighted by atomic mass is 32.2. The van der Waals surface area contributed by atoms with E-state index in [-0.39, 0.29) is 17.8 Å². The van der Waals surface area contributed by atoms with Crippen LogP contribution in [0.3, 0.4) is 0 Å². The number of rotatable bonds is 3. The summed E-state index contributed by atoms with van der Waals surface area (Å²) in [4.78, 5) is 35.4. The van der Waals surface area contributed by atoms with Crippen molar-refractivity contribution >= 4 is 40.4 Å². The topological polar surface area (TPSA) is 66.0 Å². The van der Waals surface area contributed by atoms with Gasteiger partial charge in [-0.1, -0.05) is 0 Å². The zero-order chi connectivity index (χ0) is 21.1. The average Bonchev–Trinajstić information content (AvgIpc) is 2.78. The third-order valence-corrected chi connectivity index (χ3v) is 6.39. The van der Waals surface area contributed by atoms with E-state index in [9.17, 15) is 14.0 Å². The molecule has 0 spiro atoms. The molecule has 2 aliphatic rings. The van der Waals surface area contributed by atoms with Gasteiger partial charge in [-0.15, -0.1) is 0 Å². The quantitative estimate of drug-likeness (QED) is 0.743. The van der Waals surface area contributed by atoms with Crippen molar-refractivity contribution in [1.29, 1.82) is 0 Å². The molecule has 160 valence electrons. The first kappa shape index (κ1) is 20.7. The number of fused-ring (bicyclic) bond motifs is 1. The van der Waals surface area contributed by atoms with Crippen molar-refractivity contribution < 1.29 is 18.7 Å². The highest BCUT2D eigenvalue weighted by Crippen LogP contribution is 2.32. The van der Waals surface area contributed by atoms with Gasteiger partial charge in [0.25, 0.3) is 5.91 Å². The molecular formula is C21H25FN4O3S. The van der Waals surface area contributed by atoms with Crippen molar-refractivity contribution in [2.75, 3.05) is 62.3 Å². The number of benzene rings is 1. The van der Waals surface area contributed by atoms with E-state index in [0.29, 0.717) is 68.0 Å². The second-order valence-electron chi connectivity index (χ2n) is 7.26. The molecule has 2 aliphatic heterocycles. The first-order valence-electron chi connectivity index (χ1n) is 10.2. The number of ether oxygens (including phenoxy) is 1. The number of nitrogens with zero attached hydrogens (tertiary/aromatic N) is 4. The molecule has 4 rings (SSSR count). The highest BCUT2D eigenvalue weighted by Gasteiger charge is 2.29. The molecule has 1 aromatic heterocycles. The van der Waals surface area contributed by atoms with Crippen molar-refractivity contribution in [3.63, 3.8) is 0 Å². The van der Waals surface area contributed by atoms with Crippen LogP contribution in [0.4, 0.5) is 14.9 Å². The largest absolute Gasteiger partial charge is 0.450 e. The Hall–Kier alpha value is -2.55. The van der Waals surface area contributed by atoms with Crippen molar-refractivity contribution in [2.24, 2.45) is 0 Å². The van der Waals surface area contributed by atoms with E-state index in [1.54, 1.807) is 24.1 Å². The highest BCUT2D eigenvalue weighted by molar-refractivity contribution is 7.99. The number of hydrogen-bond donors (Lipinski definition) is 0. The van der Waals surface area contributed by atoms with E-state index < -0.39 is 0 Å². The maximum atomic E-state index is 14.1. The fourth-order valence-corrected chi connectivity index (χ4v) is 4.82. The van der Waals surface area contributed by atoms with Crippen LogP contribution in [0.2, 0.25) is 0 Å². The van der Waals surface area contributed by atoms with E-state index >= 15 is 0 Å². The summed E-state index contributed by atoms with van der Waals surface area (Å²) in [5, 5.41) is 0.622. The van der Waals surface area contributed by atoms with Crippen LogP contribution < -0.4 is 4.90 Å². The maximum absolute atomic E-state index is 14.1. The number of anilines is 1. The molecule has 0 saturated carbocycles. The van der Waals surface area contributed by atoms with Gasteiger partial charge in [-0.3, -0.25) is 9.78 Å². The summed E-state index contributed by atoms with van der Waals surface area (Å²) < 4.78 is 19.2. The van der Waals surface area contributed by atoms with Gasteiger partial charge in [-0.25, -0.2) is 9.18 Å². The zero-order valence-electron chi connectivity index (χ0n) is 17.0. The number of aromatic nitrogens is 1. The van der Waals surface area contributed by atoms with Crippen LogP contribution >= 0.6 is 11.8 Å². The minimum Gasteiger partial charge on any atom is -0.450 e. The van der Waals surface area contributed by atoms with Crippen LogP contribution in [0, 0.1) is 5.82 Å². The predicted molar refractivity (Wildman–Crippen MR) is 116 cm³/mol. The van der Waals surface area contributed by atoms with Gasteiger partial charge in [0.1, 0.15) is 5.82 Å². The van der Waals surface area contributed by atoms with Gasteiger partial charge in [-0.2, -0.15) is 11.8 Å². The molecule has 2 fully saturated rings. The fraction of sp³-hybridized carbons (Fsp3) is 0.476. The molecule has 2 aromatic rings. The Morgan fingerprint density at radius 3 is 2.53 bits per heavy atom. The lowest BCUT2D eigenvalue weighted by Crippen LogP contribution is -2.49. The van der Waals surface area contributed by atoms with Gasteiger partial charge in [0.05, 0.1) is 23.4 Å². The number of thioether (sulfide) groups is 1. The monoisotopic (exact) mass is 432 g/mol. The molecule has 1 aromatic carbocycles. The molecule has 0 atom stereocenters. The lowest BCUT2D eigenvalue weighted by molar-refractivity contribution is 0.0771. The Morgan fingerprint density at radius 2 is 1.83 bits per heavy atom. The van der Waals surface area contributed by atoms with Crippen molar-refractivity contribution in [1.82, 2.24) is 14.8 Å². The van der Waals surface area contributed by atoms with Crippen LogP contribution in [-0.2, 0) is 4.74 Å². The minimum atomic E-state index is -0.366. The minimum absolute atomic E-state index is 0.0724. The third-order valence-electron chi connectivity index (χ3n) is 5.45. The van der Waals surface area contributed by atoms with E-state index in [1.165, 1.54) is 12.1 Å². The summed E-state index contributed by atoms with van der Waals surface area (Å²) in [5.41, 5.74) is 1.83. The molecule has 3 heterocycles. The normalized spacial score (nSPS) is 17.3. The molecule has 0 radical (unpaired) electrons. The van der Waals surface area contributed by atoms with Gasteiger partial charge >= 0.3 is 6.09 Å². The van der Waals surface area contributed by atoms with Crippen LogP contribution in [0.1, 0.15) is 17.3 Å². The van der Waals surface area contributed by atoms with Gasteiger partial charge in [0, 0.05) is 62.4 Å². The standard InChI is InChI=1S/C21H25FN4O3S/c1-2-29-21(28)26-7-5-24(6-8-26)19-16-13-15(22)3-4-18(16)23-14-17(19)20(27)25-9-11-30-12-10-25/h3-4,13-14H,2,5-12H2,1H3. The fourth-order valence-electron chi connectivity index (χ4n) is 3.91. The van der Waals surface area contributed by atoms with Gasteiger partial charge in [-0.05, 0) is 25.1 Å². The molecule has 2 saturated heterocycles. The summed E-state index contributed by atoms with van der Waals surface area (Å²) >= 11 is 1.84. The van der Waals surface area contributed by atoms with Gasteiger partial charge in [0.15, 0.2) is 0 Å². The molecule has 7 nitrogen and oxygen atoms in total. The van der Waals surface area contributed by atoms with Crippen molar-refractivity contribution in [3.8, 4) is 0 Å². The SMILES string of the molecule is CCOC(=O)N1CCN(c2c(C(=O)N3CCSCC3)cnc3ccc(F)cc23)CC1. The van der Waals surface area contributed by atoms with E-state index in [2.05, 4.69) is 9.88 Å². The molecule has 2 amide bonds. The summed E-state index contributed by atoms with van der Waals surface area (Å²) in [5.74, 6) is 1.38. The first-order chi connectivity index (χ1) is 14.6. The molecule has 0 aliphatic carbocycles. The number of piperazine rings is 1. The van der Waals surface area contributed by atoms with E-state index in [0.717, 1.165) is 11.5 Å². The number of amides is 2. The Morgan fingerprint density at radius 1 is 1.10 bits per heavy atom. The molecule has 0 N–H and O–H groups in total. The Bertz CT molecular complexity index is 943. The smallest absolute Gasteiger partial charge is 0.409 e. The summed E-state index contributed by atoms with van der Waals surface area (Å²) in [6.45, 7) is 5.53. The Balaban J connectivity index is 1.68. The predicted octanol–water partition coefficient (Wildman–Crippen LogP) is 2.84. The van der Waals surface area contributed by atoms with E-state index in [4.69, 9.17) is 4.74 Å². The number of halogens is 1. The number of pyridine rings is 1. The summed E-state index contributed by atoms with van der Waals surface area (Å²) in [7, 11) is 0. The molecular weight excluding hydrogens is 407 g/mol. The summed E-state index contributed by atoms with van der Waals surface area (Å²) in [6.07, 6.45) is 1.28. The van der Waals surface area contributed by atoms with E-state index in [1.807, 2.05) is 16.7 Å². The van der Waals surface area contributed by atoms with Crippen LogP contribution in [0.5, 0.6) is 0 Å². The number of carbonyl (C=O) groups is 2. The van der Waals surface area contributed by atoms with Crippen LogP contribution in [0.25, 0.3) is 10.9 Å². The molecule has 0 unspecified atom stereocenters. The van der Waals surface area contributed by atoms with Gasteiger partial charge < -0.3 is 19.4 Å². The van der Waals surface area contributed by atoms with Crippen LogP contribution in [0.15, 0.2) is 24.4 Å². The lowest BCUT2D eigenvalue weighted by atomic mass is 10.1. The second kappa shape index (κ2) is 9.07. The van der Waals surface area contributed by atoms with Gasteiger partial charge in [0.2, 0.25) is 0 Å². The molecule has 9 heteroatoms. The first-order valence-corrected chi connectivity index (χ1v) is 11.4. The zero-order valence-corrected chi connectivity index (χ0v) is 17.8. The number of carbonyl (C=O) groups excluding carboxylic acids is 2.